The number of carbonyl (C=O) groups excluding carboxylic acids is 1. The van der Waals surface area contributed by atoms with E-state index in [-0.39, 0.29) is 5.75 Å². The lowest BCUT2D eigenvalue weighted by Gasteiger charge is -2.14. The van der Waals surface area contributed by atoms with Gasteiger partial charge in [0, 0.05) is 6.92 Å². The minimum absolute atomic E-state index is 0.247. The summed E-state index contributed by atoms with van der Waals surface area (Å²) in [7, 11) is -3.64. The zero-order valence-corrected chi connectivity index (χ0v) is 12.1. The van der Waals surface area contributed by atoms with E-state index in [0.717, 1.165) is 12.5 Å². The Kier molecular flexibility index (Phi) is 5.26. The molecule has 6 nitrogen and oxygen atoms in total. The first-order chi connectivity index (χ1) is 9.21. The maximum absolute atomic E-state index is 12.0. The minimum Gasteiger partial charge on any atom is -0.480 e. The number of nitrogens with one attached hydrogen (secondary N) is 1. The molecule has 1 amide bonds. The van der Waals surface area contributed by atoms with Gasteiger partial charge in [0.25, 0.3) is 0 Å². The van der Waals surface area contributed by atoms with Crippen molar-refractivity contribution in [2.24, 2.45) is 0 Å². The molecule has 1 aromatic rings. The molecule has 2 N–H and O–H groups in total. The lowest BCUT2D eigenvalue weighted by Crippen LogP contribution is -2.44. The number of amides is 1. The molecule has 0 heterocycles. The van der Waals surface area contributed by atoms with Crippen LogP contribution in [0.5, 0.6) is 0 Å². The molecule has 1 atom stereocenters. The summed E-state index contributed by atoms with van der Waals surface area (Å²) in [5, 5.41) is 11.0. The molecule has 1 aromatic carbocycles. The largest absolute Gasteiger partial charge is 0.480 e. The monoisotopic (exact) mass is 299 g/mol. The van der Waals surface area contributed by atoms with Crippen LogP contribution in [0, 0.1) is 6.92 Å². The first kappa shape index (κ1) is 16.2. The number of carboxylic acid groups (broad SMARTS) is 1. The number of carboxylic acids is 1. The van der Waals surface area contributed by atoms with Gasteiger partial charge < -0.3 is 10.4 Å². The zero-order valence-electron chi connectivity index (χ0n) is 11.3. The van der Waals surface area contributed by atoms with E-state index >= 15 is 0 Å². The number of benzene rings is 1. The third kappa shape index (κ3) is 5.00. The molecule has 0 saturated heterocycles. The van der Waals surface area contributed by atoms with Gasteiger partial charge >= 0.3 is 5.97 Å². The van der Waals surface area contributed by atoms with Crippen molar-refractivity contribution in [1.29, 1.82) is 0 Å². The van der Waals surface area contributed by atoms with E-state index in [4.69, 9.17) is 5.11 Å². The van der Waals surface area contributed by atoms with E-state index in [1.165, 1.54) is 0 Å². The Bertz CT molecular complexity index is 609. The third-order valence-electron chi connectivity index (χ3n) is 2.73. The Hall–Kier alpha value is -1.89. The van der Waals surface area contributed by atoms with E-state index < -0.39 is 33.5 Å². The molecule has 1 rings (SSSR count). The number of hydrogen-bond donors (Lipinski definition) is 2. The average Bonchev–Trinajstić information content (AvgIpc) is 2.30. The fourth-order valence-corrected chi connectivity index (χ4v) is 3.39. The summed E-state index contributed by atoms with van der Waals surface area (Å²) >= 11 is 0. The molecule has 110 valence electrons. The number of carbonyl (C=O) groups is 2. The number of aliphatic carboxylic acids is 1. The van der Waals surface area contributed by atoms with Gasteiger partial charge in [0.15, 0.2) is 9.84 Å². The number of aryl methyl sites for hydroxylation is 1. The third-order valence-corrected chi connectivity index (χ3v) is 4.32. The van der Waals surface area contributed by atoms with Crippen molar-refractivity contribution in [3.05, 3.63) is 35.4 Å². The highest BCUT2D eigenvalue weighted by atomic mass is 32.2. The Morgan fingerprint density at radius 2 is 1.90 bits per heavy atom. The second-order valence-electron chi connectivity index (χ2n) is 4.57. The summed E-state index contributed by atoms with van der Waals surface area (Å²) in [6.45, 7) is 2.93. The van der Waals surface area contributed by atoms with Crippen molar-refractivity contribution in [2.75, 3.05) is 5.75 Å². The lowest BCUT2D eigenvalue weighted by molar-refractivity contribution is -0.140. The van der Waals surface area contributed by atoms with Crippen molar-refractivity contribution >= 4 is 21.7 Å². The van der Waals surface area contributed by atoms with E-state index in [0.29, 0.717) is 5.56 Å². The minimum atomic E-state index is -3.64. The Morgan fingerprint density at radius 3 is 2.40 bits per heavy atom. The smallest absolute Gasteiger partial charge is 0.327 e. The maximum Gasteiger partial charge on any atom is 0.327 e. The highest BCUT2D eigenvalue weighted by Gasteiger charge is 2.26. The van der Waals surface area contributed by atoms with Crippen molar-refractivity contribution in [3.8, 4) is 0 Å². The van der Waals surface area contributed by atoms with Crippen LogP contribution in [0.3, 0.4) is 0 Å². The molecular formula is C13H17NO5S. The first-order valence-corrected chi connectivity index (χ1v) is 7.78. The van der Waals surface area contributed by atoms with Crippen LogP contribution in [0.25, 0.3) is 0 Å². The van der Waals surface area contributed by atoms with E-state index in [1.807, 2.05) is 0 Å². The molecule has 7 heteroatoms. The summed E-state index contributed by atoms with van der Waals surface area (Å²) in [5.74, 6) is -2.82. The Morgan fingerprint density at radius 1 is 1.30 bits per heavy atom. The van der Waals surface area contributed by atoms with E-state index in [9.17, 15) is 18.0 Å². The van der Waals surface area contributed by atoms with Gasteiger partial charge in [0.05, 0.1) is 11.5 Å². The predicted octanol–water partition coefficient (Wildman–Crippen LogP) is 0.499. The van der Waals surface area contributed by atoms with Crippen LogP contribution in [0.15, 0.2) is 24.3 Å². The van der Waals surface area contributed by atoms with Crippen LogP contribution in [-0.2, 0) is 25.2 Å². The molecule has 0 saturated carbocycles. The maximum atomic E-state index is 12.0. The van der Waals surface area contributed by atoms with Crippen molar-refractivity contribution < 1.29 is 23.1 Å². The molecule has 0 aliphatic heterocycles. The van der Waals surface area contributed by atoms with Gasteiger partial charge in [-0.05, 0) is 18.1 Å². The molecular weight excluding hydrogens is 282 g/mol. The van der Waals surface area contributed by atoms with Crippen molar-refractivity contribution in [3.63, 3.8) is 0 Å². The van der Waals surface area contributed by atoms with Gasteiger partial charge in [-0.1, -0.05) is 24.3 Å². The van der Waals surface area contributed by atoms with Crippen molar-refractivity contribution in [1.82, 2.24) is 5.32 Å². The zero-order chi connectivity index (χ0) is 15.3. The molecule has 0 aliphatic rings. The lowest BCUT2D eigenvalue weighted by atomic mass is 10.1. The predicted molar refractivity (Wildman–Crippen MR) is 73.9 cm³/mol. The van der Waals surface area contributed by atoms with Gasteiger partial charge in [-0.25, -0.2) is 13.2 Å². The quantitative estimate of drug-likeness (QED) is 0.796. The molecule has 0 spiro atoms. The van der Waals surface area contributed by atoms with Crippen LogP contribution in [-0.4, -0.2) is 37.2 Å². The first-order valence-electron chi connectivity index (χ1n) is 5.96. The van der Waals surface area contributed by atoms with Gasteiger partial charge in [-0.3, -0.25) is 4.79 Å². The summed E-state index contributed by atoms with van der Waals surface area (Å²) in [6, 6.07) is 5.55. The van der Waals surface area contributed by atoms with E-state index in [2.05, 4.69) is 5.32 Å². The van der Waals surface area contributed by atoms with Crippen LogP contribution in [0.4, 0.5) is 0 Å². The fourth-order valence-electron chi connectivity index (χ4n) is 1.74. The van der Waals surface area contributed by atoms with Crippen molar-refractivity contribution in [2.45, 2.75) is 25.6 Å². The normalized spacial score (nSPS) is 12.7. The molecule has 0 aromatic heterocycles. The summed E-state index contributed by atoms with van der Waals surface area (Å²) < 4.78 is 24.1. The Balaban J connectivity index is 2.86. The SMILES string of the molecule is CC(=O)N[C@@H](CS(=O)(=O)Cc1ccccc1C)C(=O)O. The van der Waals surface area contributed by atoms with Gasteiger partial charge in [0.2, 0.25) is 5.91 Å². The van der Waals surface area contributed by atoms with Crippen LogP contribution < -0.4 is 5.32 Å². The molecule has 0 radical (unpaired) electrons. The van der Waals surface area contributed by atoms with E-state index in [1.54, 1.807) is 31.2 Å². The van der Waals surface area contributed by atoms with Crippen LogP contribution >= 0.6 is 0 Å². The standard InChI is InChI=1S/C13H17NO5S/c1-9-5-3-4-6-11(9)7-20(18,19)8-12(13(16)17)14-10(2)15/h3-6,12H,7-8H2,1-2H3,(H,14,15)(H,16,17)/t12-/m0/s1. The fraction of sp³-hybridized carbons (Fsp3) is 0.385. The molecule has 0 aliphatic carbocycles. The second kappa shape index (κ2) is 6.51. The molecule has 0 bridgehead atoms. The number of rotatable bonds is 6. The highest BCUT2D eigenvalue weighted by Crippen LogP contribution is 2.12. The van der Waals surface area contributed by atoms with Gasteiger partial charge in [-0.2, -0.15) is 0 Å². The highest BCUT2D eigenvalue weighted by molar-refractivity contribution is 7.90. The molecule has 0 fully saturated rings. The summed E-state index contributed by atoms with van der Waals surface area (Å²) in [5.41, 5.74) is 1.45. The number of hydrogen-bond acceptors (Lipinski definition) is 4. The topological polar surface area (TPSA) is 101 Å². The summed E-state index contributed by atoms with van der Waals surface area (Å²) in [4.78, 5) is 21.8. The van der Waals surface area contributed by atoms with Gasteiger partial charge in [0.1, 0.15) is 6.04 Å². The number of sulfone groups is 1. The summed E-state index contributed by atoms with van der Waals surface area (Å²) in [6.07, 6.45) is 0. The van der Waals surface area contributed by atoms with Gasteiger partial charge in [-0.15, -0.1) is 0 Å². The Labute approximate surface area is 117 Å². The van der Waals surface area contributed by atoms with Crippen LogP contribution in [0.2, 0.25) is 0 Å². The molecule has 0 unspecified atom stereocenters. The van der Waals surface area contributed by atoms with Crippen LogP contribution in [0.1, 0.15) is 18.1 Å². The second-order valence-corrected chi connectivity index (χ2v) is 6.68. The molecule has 20 heavy (non-hydrogen) atoms. The average molecular weight is 299 g/mol.